The number of halogens is 1. The van der Waals surface area contributed by atoms with Crippen LogP contribution in [0.15, 0.2) is 77.8 Å². The zero-order valence-corrected chi connectivity index (χ0v) is 19.3. The van der Waals surface area contributed by atoms with E-state index < -0.39 is 15.7 Å². The van der Waals surface area contributed by atoms with Crippen molar-refractivity contribution in [2.24, 2.45) is 0 Å². The molecule has 0 fully saturated rings. The lowest BCUT2D eigenvalue weighted by Gasteiger charge is -2.12. The second-order valence-corrected chi connectivity index (χ2v) is 9.31. The first-order valence-corrected chi connectivity index (χ1v) is 12.0. The third kappa shape index (κ3) is 5.04. The van der Waals surface area contributed by atoms with Crippen molar-refractivity contribution in [2.75, 3.05) is 26.6 Å². The van der Waals surface area contributed by atoms with Crippen LogP contribution < -0.4 is 18.9 Å². The van der Waals surface area contributed by atoms with Crippen molar-refractivity contribution in [2.45, 2.75) is 4.90 Å². The zero-order chi connectivity index (χ0) is 24.1. The minimum Gasteiger partial charge on any atom is -0.493 e. The van der Waals surface area contributed by atoms with Gasteiger partial charge in [-0.15, -0.1) is 0 Å². The highest BCUT2D eigenvalue weighted by Gasteiger charge is 2.16. The topological polar surface area (TPSA) is 84.0 Å². The Morgan fingerprint density at radius 3 is 2.26 bits per heavy atom. The molecule has 0 saturated heterocycles. The van der Waals surface area contributed by atoms with Gasteiger partial charge in [-0.3, -0.25) is 4.98 Å². The van der Waals surface area contributed by atoms with Crippen LogP contribution in [-0.4, -0.2) is 40.0 Å². The van der Waals surface area contributed by atoms with E-state index in [2.05, 4.69) is 4.98 Å². The van der Waals surface area contributed by atoms with Crippen molar-refractivity contribution in [3.05, 3.63) is 78.7 Å². The van der Waals surface area contributed by atoms with Gasteiger partial charge in [-0.25, -0.2) is 12.8 Å². The Bertz CT molecular complexity index is 1410. The predicted molar refractivity (Wildman–Crippen MR) is 125 cm³/mol. The van der Waals surface area contributed by atoms with Crippen LogP contribution in [0.25, 0.3) is 10.9 Å². The van der Waals surface area contributed by atoms with Crippen molar-refractivity contribution in [3.63, 3.8) is 0 Å². The minimum atomic E-state index is -3.63. The van der Waals surface area contributed by atoms with Crippen molar-refractivity contribution in [3.8, 4) is 28.7 Å². The molecule has 0 spiro atoms. The molecule has 1 aromatic heterocycles. The molecule has 0 aliphatic rings. The lowest BCUT2D eigenvalue weighted by atomic mass is 10.2. The number of hydrogen-bond acceptors (Lipinski definition) is 7. The Balaban J connectivity index is 1.48. The highest BCUT2D eigenvalue weighted by atomic mass is 32.2. The maximum absolute atomic E-state index is 13.6. The molecule has 34 heavy (non-hydrogen) atoms. The lowest BCUT2D eigenvalue weighted by Crippen LogP contribution is -2.14. The third-order valence-electron chi connectivity index (χ3n) is 5.06. The number of pyridine rings is 1. The largest absolute Gasteiger partial charge is 0.493 e. The van der Waals surface area contributed by atoms with Gasteiger partial charge in [0.1, 0.15) is 18.1 Å². The molecule has 7 nitrogen and oxygen atoms in total. The highest BCUT2D eigenvalue weighted by molar-refractivity contribution is 7.91. The van der Waals surface area contributed by atoms with Gasteiger partial charge in [0.15, 0.2) is 32.9 Å². The van der Waals surface area contributed by atoms with E-state index in [4.69, 9.17) is 18.9 Å². The fourth-order valence-corrected chi connectivity index (χ4v) is 4.41. The number of para-hydroxylation sites is 1. The molecule has 0 radical (unpaired) electrons. The summed E-state index contributed by atoms with van der Waals surface area (Å²) in [6, 6.07) is 17.1. The molecule has 176 valence electrons. The van der Waals surface area contributed by atoms with Gasteiger partial charge in [-0.1, -0.05) is 12.1 Å². The van der Waals surface area contributed by atoms with Gasteiger partial charge in [-0.05, 0) is 48.5 Å². The van der Waals surface area contributed by atoms with Gasteiger partial charge in [0.25, 0.3) is 0 Å². The van der Waals surface area contributed by atoms with E-state index in [1.165, 1.54) is 30.3 Å². The number of nitrogens with zero attached hydrogens (tertiary/aromatic N) is 1. The molecule has 0 N–H and O–H groups in total. The quantitative estimate of drug-likeness (QED) is 0.330. The number of benzene rings is 3. The van der Waals surface area contributed by atoms with Crippen LogP contribution >= 0.6 is 0 Å². The number of ether oxygens (including phenoxy) is 4. The summed E-state index contributed by atoms with van der Waals surface area (Å²) >= 11 is 0. The van der Waals surface area contributed by atoms with Gasteiger partial charge in [0, 0.05) is 17.6 Å². The molecule has 3 aromatic carbocycles. The molecule has 1 heterocycles. The monoisotopic (exact) mass is 483 g/mol. The van der Waals surface area contributed by atoms with Crippen LogP contribution in [0.1, 0.15) is 0 Å². The van der Waals surface area contributed by atoms with E-state index in [0.29, 0.717) is 33.9 Å². The van der Waals surface area contributed by atoms with Crippen LogP contribution in [0.5, 0.6) is 28.7 Å². The second kappa shape index (κ2) is 9.96. The van der Waals surface area contributed by atoms with Gasteiger partial charge < -0.3 is 18.9 Å². The Kier molecular flexibility index (Phi) is 6.83. The Hall–Kier alpha value is -3.85. The fraction of sp³-hybridized carbons (Fsp3) is 0.160. The molecule has 4 rings (SSSR count). The lowest BCUT2D eigenvalue weighted by molar-refractivity contribution is 0.322. The highest BCUT2D eigenvalue weighted by Crippen LogP contribution is 2.37. The molecular weight excluding hydrogens is 461 g/mol. The van der Waals surface area contributed by atoms with Crippen LogP contribution in [-0.2, 0) is 9.84 Å². The molecule has 0 saturated carbocycles. The fourth-order valence-electron chi connectivity index (χ4n) is 3.32. The number of fused-ring (bicyclic) bond motifs is 1. The standard InChI is InChI=1S/C25H22FNO6S/c1-30-24-15-19-21(16-25(24)31-2)27-12-11-22(19)33-17-7-9-18(10-8-17)34(28,29)14-13-32-23-6-4-3-5-20(23)26/h3-12,15-16H,13-14H2,1-2H3. The number of methoxy groups -OCH3 is 2. The minimum absolute atomic E-state index is 0.0141. The van der Waals surface area contributed by atoms with Crippen LogP contribution in [0.4, 0.5) is 4.39 Å². The number of sulfone groups is 1. The number of rotatable bonds is 9. The first-order chi connectivity index (χ1) is 16.4. The summed E-state index contributed by atoms with van der Waals surface area (Å²) in [5, 5.41) is 0.710. The average Bonchev–Trinajstić information content (AvgIpc) is 2.85. The van der Waals surface area contributed by atoms with E-state index in [9.17, 15) is 12.8 Å². The molecule has 0 unspecified atom stereocenters. The Labute approximate surface area is 196 Å². The van der Waals surface area contributed by atoms with Crippen LogP contribution in [0.2, 0.25) is 0 Å². The summed E-state index contributed by atoms with van der Waals surface area (Å²) < 4.78 is 60.8. The van der Waals surface area contributed by atoms with Gasteiger partial charge in [0.2, 0.25) is 0 Å². The predicted octanol–water partition coefficient (Wildman–Crippen LogP) is 5.04. The van der Waals surface area contributed by atoms with E-state index in [-0.39, 0.29) is 23.0 Å². The molecule has 0 aliphatic carbocycles. The van der Waals surface area contributed by atoms with E-state index in [1.54, 1.807) is 56.8 Å². The van der Waals surface area contributed by atoms with Crippen molar-refractivity contribution in [1.82, 2.24) is 4.98 Å². The van der Waals surface area contributed by atoms with Gasteiger partial charge in [0.05, 0.1) is 30.4 Å². The molecule has 4 aromatic rings. The van der Waals surface area contributed by atoms with Gasteiger partial charge in [-0.2, -0.15) is 0 Å². The molecule has 0 atom stereocenters. The summed E-state index contributed by atoms with van der Waals surface area (Å²) in [5.74, 6) is 1.24. The molecule has 0 amide bonds. The van der Waals surface area contributed by atoms with Crippen molar-refractivity contribution < 1.29 is 31.8 Å². The second-order valence-electron chi connectivity index (χ2n) is 7.20. The maximum atomic E-state index is 13.6. The van der Waals surface area contributed by atoms with Crippen molar-refractivity contribution in [1.29, 1.82) is 0 Å². The van der Waals surface area contributed by atoms with E-state index in [0.717, 1.165) is 0 Å². The third-order valence-corrected chi connectivity index (χ3v) is 6.76. The van der Waals surface area contributed by atoms with Crippen LogP contribution in [0, 0.1) is 5.82 Å². The zero-order valence-electron chi connectivity index (χ0n) is 18.5. The summed E-state index contributed by atoms with van der Waals surface area (Å²) in [6.07, 6.45) is 1.61. The Morgan fingerprint density at radius 2 is 1.56 bits per heavy atom. The van der Waals surface area contributed by atoms with Crippen molar-refractivity contribution >= 4 is 20.7 Å². The van der Waals surface area contributed by atoms with Gasteiger partial charge >= 0.3 is 0 Å². The smallest absolute Gasteiger partial charge is 0.181 e. The summed E-state index contributed by atoms with van der Waals surface area (Å²) in [5.41, 5.74) is 0.657. The number of aromatic nitrogens is 1. The molecular formula is C25H22FNO6S. The first kappa shape index (κ1) is 23.3. The summed E-state index contributed by atoms with van der Waals surface area (Å²) in [6.45, 7) is -0.171. The summed E-state index contributed by atoms with van der Waals surface area (Å²) in [7, 11) is -0.538. The van der Waals surface area contributed by atoms with E-state index >= 15 is 0 Å². The molecule has 0 aliphatic heterocycles. The number of hydrogen-bond donors (Lipinski definition) is 0. The first-order valence-electron chi connectivity index (χ1n) is 10.3. The molecule has 0 bridgehead atoms. The summed E-state index contributed by atoms with van der Waals surface area (Å²) in [4.78, 5) is 4.45. The molecule has 9 heteroatoms. The van der Waals surface area contributed by atoms with E-state index in [1.807, 2.05) is 0 Å². The van der Waals surface area contributed by atoms with Crippen LogP contribution in [0.3, 0.4) is 0 Å². The normalized spacial score (nSPS) is 11.3. The average molecular weight is 484 g/mol. The maximum Gasteiger partial charge on any atom is 0.181 e. The Morgan fingerprint density at radius 1 is 0.853 bits per heavy atom. The SMILES string of the molecule is COc1cc2nccc(Oc3ccc(S(=O)(=O)CCOc4ccccc4F)cc3)c2cc1OC.